The Morgan fingerprint density at radius 1 is 0.893 bits per heavy atom. The Morgan fingerprint density at radius 3 is 1.68 bits per heavy atom. The van der Waals surface area contributed by atoms with Gasteiger partial charge in [-0.3, -0.25) is 9.59 Å². The molecule has 1 aliphatic carbocycles. The number of nitrogens with zero attached hydrogens (tertiary/aromatic N) is 1. The van der Waals surface area contributed by atoms with Gasteiger partial charge < -0.3 is 9.47 Å². The molecule has 0 spiro atoms. The second-order valence-corrected chi connectivity index (χ2v) is 8.05. The molecule has 1 heterocycles. The molecule has 1 aliphatic rings. The van der Waals surface area contributed by atoms with Crippen LogP contribution in [0.25, 0.3) is 5.70 Å². The number of carbonyl (C=O) groups is 2. The molecule has 0 amide bonds. The van der Waals surface area contributed by atoms with Crippen molar-refractivity contribution in [2.24, 2.45) is 11.8 Å². The van der Waals surface area contributed by atoms with E-state index in [1.807, 2.05) is 42.1 Å². The van der Waals surface area contributed by atoms with Gasteiger partial charge in [-0.15, -0.1) is 0 Å². The van der Waals surface area contributed by atoms with Gasteiger partial charge in [0.25, 0.3) is 0 Å². The molecule has 0 bridgehead atoms. The zero-order valence-corrected chi connectivity index (χ0v) is 16.1. The van der Waals surface area contributed by atoms with Gasteiger partial charge in [-0.2, -0.15) is 4.57 Å². The molecule has 0 radical (unpaired) electrons. The first-order valence-corrected chi connectivity index (χ1v) is 9.93. The fraction of sp³-hybridized carbons (Fsp3) is 0.438. The predicted molar refractivity (Wildman–Crippen MR) is 89.3 cm³/mol. The Bertz CT molecular complexity index is 753. The van der Waals surface area contributed by atoms with Crippen LogP contribution in [0.2, 0.25) is 0 Å². The minimum atomic E-state index is -10.7. The molecule has 12 heteroatoms. The van der Waals surface area contributed by atoms with Gasteiger partial charge >= 0.3 is 44.9 Å². The van der Waals surface area contributed by atoms with Crippen LogP contribution in [0.5, 0.6) is 0 Å². The molecule has 1 aromatic heterocycles. The van der Waals surface area contributed by atoms with Crippen LogP contribution < -0.4 is 4.57 Å². The van der Waals surface area contributed by atoms with Gasteiger partial charge in [0.2, 0.25) is 0 Å². The Hall–Kier alpha value is -2.16. The van der Waals surface area contributed by atoms with Crippen molar-refractivity contribution >= 4 is 25.4 Å². The molecule has 0 saturated heterocycles. The van der Waals surface area contributed by atoms with Gasteiger partial charge in [0.1, 0.15) is 0 Å². The van der Waals surface area contributed by atoms with Gasteiger partial charge in [0, 0.05) is 18.6 Å². The first-order chi connectivity index (χ1) is 12.5. The predicted octanol–water partition coefficient (Wildman–Crippen LogP) is 4.96. The first kappa shape index (κ1) is 23.9. The molecule has 0 fully saturated rings. The monoisotopic (exact) mass is 435 g/mol. The Morgan fingerprint density at radius 2 is 1.29 bits per heavy atom. The molecule has 0 N–H and O–H groups in total. The molecule has 0 unspecified atom stereocenters. The maximum atomic E-state index is 12.0. The SMILES string of the molecule is COC(=O)[C@H]1CC(C)=C([n+]2ccccc2)C[C@@H]1C(=O)OC.F[P-](F)(F)(F)(F)F. The van der Waals surface area contributed by atoms with Crippen molar-refractivity contribution in [3.63, 3.8) is 0 Å². The molecule has 1 aromatic rings. The number of pyridine rings is 1. The number of aromatic nitrogens is 1. The number of methoxy groups -OCH3 is 2. The van der Waals surface area contributed by atoms with Crippen LogP contribution in [0.15, 0.2) is 36.2 Å². The van der Waals surface area contributed by atoms with E-state index < -0.39 is 19.6 Å². The second-order valence-electron chi connectivity index (χ2n) is 6.14. The summed E-state index contributed by atoms with van der Waals surface area (Å²) in [4.78, 5) is 23.9. The zero-order valence-electron chi connectivity index (χ0n) is 15.3. The molecule has 0 aliphatic heterocycles. The van der Waals surface area contributed by atoms with Crippen molar-refractivity contribution < 1.29 is 48.8 Å². The molecular weight excluding hydrogens is 415 g/mol. The number of ether oxygens (including phenoxy) is 2. The topological polar surface area (TPSA) is 56.5 Å². The van der Waals surface area contributed by atoms with E-state index in [0.717, 1.165) is 11.3 Å². The summed E-state index contributed by atoms with van der Waals surface area (Å²) >= 11 is 0. The van der Waals surface area contributed by atoms with Crippen molar-refractivity contribution in [3.05, 3.63) is 36.2 Å². The van der Waals surface area contributed by atoms with Gasteiger partial charge in [-0.25, -0.2) is 0 Å². The van der Waals surface area contributed by atoms with Gasteiger partial charge in [-0.1, -0.05) is 6.07 Å². The second kappa shape index (κ2) is 7.69. The number of esters is 2. The fourth-order valence-electron chi connectivity index (χ4n) is 2.82. The third-order valence-corrected chi connectivity index (χ3v) is 3.95. The summed E-state index contributed by atoms with van der Waals surface area (Å²) in [5.41, 5.74) is 2.12. The van der Waals surface area contributed by atoms with Crippen molar-refractivity contribution in [1.82, 2.24) is 0 Å². The van der Waals surface area contributed by atoms with Gasteiger partial charge in [-0.05, 0) is 18.9 Å². The number of halogens is 6. The molecule has 2 atom stereocenters. The van der Waals surface area contributed by atoms with E-state index in [1.54, 1.807) is 0 Å². The van der Waals surface area contributed by atoms with Crippen molar-refractivity contribution in [3.8, 4) is 0 Å². The third-order valence-electron chi connectivity index (χ3n) is 3.95. The molecule has 28 heavy (non-hydrogen) atoms. The van der Waals surface area contributed by atoms with Crippen LogP contribution in [0, 0.1) is 11.8 Å². The van der Waals surface area contributed by atoms with Crippen molar-refractivity contribution in [2.75, 3.05) is 14.2 Å². The van der Waals surface area contributed by atoms with E-state index in [4.69, 9.17) is 9.47 Å². The van der Waals surface area contributed by atoms with Crippen LogP contribution in [0.4, 0.5) is 25.2 Å². The van der Waals surface area contributed by atoms with Crippen molar-refractivity contribution in [2.45, 2.75) is 19.8 Å². The van der Waals surface area contributed by atoms with Crippen LogP contribution in [-0.2, 0) is 19.1 Å². The van der Waals surface area contributed by atoms with E-state index in [2.05, 4.69) is 0 Å². The average molecular weight is 435 g/mol. The van der Waals surface area contributed by atoms with Crippen LogP contribution in [0.3, 0.4) is 0 Å². The van der Waals surface area contributed by atoms with Crippen LogP contribution in [-0.4, -0.2) is 26.2 Å². The normalized spacial score (nSPS) is 22.2. The standard InChI is InChI=1S/C16H20NO4.F6P/c1-11-9-12(15(18)20-2)13(16(19)21-3)10-14(11)17-7-5-4-6-8-17;1-7(2,3,4,5)6/h4-8,12-13H,9-10H2,1-3H3;/q+1;-1/t12-,13-;/m0./s1. The van der Waals surface area contributed by atoms with Crippen LogP contribution >= 0.6 is 7.81 Å². The maximum absolute atomic E-state index is 12.0. The summed E-state index contributed by atoms with van der Waals surface area (Å²) < 4.78 is 70.9. The minimum absolute atomic E-state index is 0.359. The average Bonchev–Trinajstić information content (AvgIpc) is 2.58. The van der Waals surface area contributed by atoms with Gasteiger partial charge in [0.15, 0.2) is 18.1 Å². The summed E-state index contributed by atoms with van der Waals surface area (Å²) in [5.74, 6) is -1.71. The van der Waals surface area contributed by atoms with E-state index in [9.17, 15) is 34.8 Å². The zero-order chi connectivity index (χ0) is 21.8. The fourth-order valence-corrected chi connectivity index (χ4v) is 2.82. The summed E-state index contributed by atoms with van der Waals surface area (Å²) in [6.07, 6.45) is 4.84. The molecule has 2 rings (SSSR count). The first-order valence-electron chi connectivity index (χ1n) is 7.90. The number of allylic oxidation sites excluding steroid dienone is 2. The number of rotatable bonds is 3. The Balaban J connectivity index is 0.000000480. The van der Waals surface area contributed by atoms with Crippen LogP contribution in [0.1, 0.15) is 19.8 Å². The molecule has 0 saturated carbocycles. The third kappa shape index (κ3) is 8.69. The number of carbonyl (C=O) groups excluding carboxylic acids is 2. The van der Waals surface area contributed by atoms with Gasteiger partial charge in [0.05, 0.1) is 26.1 Å². The number of hydrogen-bond acceptors (Lipinski definition) is 4. The van der Waals surface area contributed by atoms with E-state index in [1.165, 1.54) is 14.2 Å². The molecule has 5 nitrogen and oxygen atoms in total. The molecular formula is C16H20F6NO4P. The quantitative estimate of drug-likeness (QED) is 0.292. The summed E-state index contributed by atoms with van der Waals surface area (Å²) in [6.45, 7) is 1.98. The Kier molecular flexibility index (Phi) is 6.56. The van der Waals surface area contributed by atoms with E-state index >= 15 is 0 Å². The Labute approximate surface area is 157 Å². The van der Waals surface area contributed by atoms with E-state index in [0.29, 0.717) is 12.8 Å². The summed E-state index contributed by atoms with van der Waals surface area (Å²) in [7, 11) is -7.97. The summed E-state index contributed by atoms with van der Waals surface area (Å²) in [6, 6.07) is 5.80. The van der Waals surface area contributed by atoms with Crippen molar-refractivity contribution in [1.29, 1.82) is 0 Å². The molecule has 160 valence electrons. The van der Waals surface area contributed by atoms with E-state index in [-0.39, 0.29) is 11.9 Å². The number of hydrogen-bond donors (Lipinski definition) is 0. The molecule has 0 aromatic carbocycles. The summed E-state index contributed by atoms with van der Waals surface area (Å²) in [5, 5.41) is 0.